The van der Waals surface area contributed by atoms with E-state index in [0.717, 1.165) is 39.3 Å². The summed E-state index contributed by atoms with van der Waals surface area (Å²) in [7, 11) is 0. The van der Waals surface area contributed by atoms with Gasteiger partial charge in [-0.3, -0.25) is 14.6 Å². The van der Waals surface area contributed by atoms with Crippen LogP contribution >= 0.6 is 0 Å². The van der Waals surface area contributed by atoms with Crippen LogP contribution in [0.2, 0.25) is 0 Å². The molecule has 3 aliphatic heterocycles. The summed E-state index contributed by atoms with van der Waals surface area (Å²) in [6, 6.07) is 10.8. The van der Waals surface area contributed by atoms with Crippen molar-refractivity contribution >= 4 is 5.91 Å². The number of hydrogen-bond acceptors (Lipinski definition) is 3. The normalized spacial score (nSPS) is 31.9. The molecule has 0 spiro atoms. The molecule has 0 radical (unpaired) electrons. The van der Waals surface area contributed by atoms with E-state index in [0.29, 0.717) is 0 Å². The van der Waals surface area contributed by atoms with E-state index < -0.39 is 0 Å². The quantitative estimate of drug-likeness (QED) is 0.917. The van der Waals surface area contributed by atoms with Gasteiger partial charge in [-0.15, -0.1) is 0 Å². The summed E-state index contributed by atoms with van der Waals surface area (Å²) < 4.78 is 0. The lowest BCUT2D eigenvalue weighted by Crippen LogP contribution is -2.58. The molecule has 23 heavy (non-hydrogen) atoms. The highest BCUT2D eigenvalue weighted by Gasteiger charge is 2.40. The van der Waals surface area contributed by atoms with Gasteiger partial charge in [-0.05, 0) is 31.4 Å². The lowest BCUT2D eigenvalue weighted by atomic mass is 9.64. The number of hydrogen-bond donors (Lipinski definition) is 1. The van der Waals surface area contributed by atoms with Crippen LogP contribution in [-0.4, -0.2) is 61.0 Å². The van der Waals surface area contributed by atoms with Crippen molar-refractivity contribution in [3.8, 4) is 0 Å². The van der Waals surface area contributed by atoms with Crippen LogP contribution < -0.4 is 5.32 Å². The lowest BCUT2D eigenvalue weighted by Gasteiger charge is -2.43. The Bertz CT molecular complexity index is 551. The molecule has 1 aliphatic carbocycles. The Hall–Kier alpha value is -1.39. The molecule has 1 saturated carbocycles. The average Bonchev–Trinajstić information content (AvgIpc) is 2.90. The van der Waals surface area contributed by atoms with Gasteiger partial charge in [0, 0.05) is 38.1 Å². The van der Waals surface area contributed by atoms with Gasteiger partial charge in [0.2, 0.25) is 5.91 Å². The molecular weight excluding hydrogens is 286 g/mol. The van der Waals surface area contributed by atoms with Crippen LogP contribution in [0.1, 0.15) is 31.2 Å². The van der Waals surface area contributed by atoms with Crippen LogP contribution in [0.3, 0.4) is 0 Å². The topological polar surface area (TPSA) is 35.6 Å². The van der Waals surface area contributed by atoms with E-state index in [9.17, 15) is 4.79 Å². The van der Waals surface area contributed by atoms with Gasteiger partial charge in [-0.25, -0.2) is 0 Å². The van der Waals surface area contributed by atoms with Gasteiger partial charge in [0.1, 0.15) is 6.04 Å². The standard InChI is InChI=1S/C19H27N3O/c23-18(17-14-21-10-5-11-22(17)13-12-21)20-15-19(8-4-9-19)16-6-2-1-3-7-16/h1-3,6-7,17H,4-5,8-15H2,(H,20,23)/t17-/m1/s1. The van der Waals surface area contributed by atoms with Crippen LogP contribution in [0.15, 0.2) is 30.3 Å². The number of rotatable bonds is 4. The van der Waals surface area contributed by atoms with Gasteiger partial charge in [0.05, 0.1) is 0 Å². The van der Waals surface area contributed by atoms with Crippen LogP contribution in [0.25, 0.3) is 0 Å². The van der Waals surface area contributed by atoms with Crippen molar-refractivity contribution < 1.29 is 4.79 Å². The number of nitrogens with zero attached hydrogens (tertiary/aromatic N) is 2. The summed E-state index contributed by atoms with van der Waals surface area (Å²) in [5.41, 5.74) is 1.56. The molecule has 3 saturated heterocycles. The van der Waals surface area contributed by atoms with E-state index in [1.54, 1.807) is 0 Å². The maximum absolute atomic E-state index is 12.8. The molecule has 1 amide bonds. The number of carbonyl (C=O) groups is 1. The molecule has 3 heterocycles. The Labute approximate surface area is 138 Å². The molecule has 1 aromatic carbocycles. The highest BCUT2D eigenvalue weighted by Crippen LogP contribution is 2.43. The Morgan fingerprint density at radius 1 is 1.09 bits per heavy atom. The summed E-state index contributed by atoms with van der Waals surface area (Å²) in [4.78, 5) is 17.6. The first kappa shape index (κ1) is 15.2. The van der Waals surface area contributed by atoms with Crippen LogP contribution in [-0.2, 0) is 10.2 Å². The second-order valence-electron chi connectivity index (χ2n) is 7.42. The Morgan fingerprint density at radius 2 is 1.91 bits per heavy atom. The third-order valence-corrected chi connectivity index (χ3v) is 6.10. The smallest absolute Gasteiger partial charge is 0.238 e. The number of amides is 1. The second kappa shape index (κ2) is 6.25. The van der Waals surface area contributed by atoms with E-state index in [4.69, 9.17) is 0 Å². The Morgan fingerprint density at radius 3 is 2.65 bits per heavy atom. The number of benzene rings is 1. The first-order valence-electron chi connectivity index (χ1n) is 9.07. The first-order valence-corrected chi connectivity index (χ1v) is 9.07. The zero-order valence-electron chi connectivity index (χ0n) is 13.8. The Kier molecular flexibility index (Phi) is 4.12. The fourth-order valence-electron chi connectivity index (χ4n) is 4.43. The highest BCUT2D eigenvalue weighted by atomic mass is 16.2. The van der Waals surface area contributed by atoms with E-state index in [1.807, 2.05) is 0 Å². The fourth-order valence-corrected chi connectivity index (χ4v) is 4.43. The van der Waals surface area contributed by atoms with Gasteiger partial charge < -0.3 is 5.32 Å². The molecule has 0 aromatic heterocycles. The molecule has 4 heteroatoms. The van der Waals surface area contributed by atoms with Crippen LogP contribution in [0.4, 0.5) is 0 Å². The van der Waals surface area contributed by atoms with Crippen LogP contribution in [0, 0.1) is 0 Å². The third-order valence-electron chi connectivity index (χ3n) is 6.10. The summed E-state index contributed by atoms with van der Waals surface area (Å²) >= 11 is 0. The van der Waals surface area contributed by atoms with Crippen molar-refractivity contribution in [1.82, 2.24) is 15.1 Å². The molecule has 3 atom stereocenters. The number of fused-ring (bicyclic) bond motifs is 4. The van der Waals surface area contributed by atoms with Crippen LogP contribution in [0.5, 0.6) is 0 Å². The van der Waals surface area contributed by atoms with E-state index >= 15 is 0 Å². The maximum Gasteiger partial charge on any atom is 0.238 e. The number of piperazine rings is 1. The molecule has 4 nitrogen and oxygen atoms in total. The molecular formula is C19H27N3O. The third kappa shape index (κ3) is 2.90. The zero-order valence-corrected chi connectivity index (χ0v) is 13.8. The average molecular weight is 313 g/mol. The van der Waals surface area contributed by atoms with E-state index in [-0.39, 0.29) is 17.4 Å². The Balaban J connectivity index is 1.41. The van der Waals surface area contributed by atoms with Crippen molar-refractivity contribution in [3.05, 3.63) is 35.9 Å². The molecule has 2 unspecified atom stereocenters. The van der Waals surface area contributed by atoms with Gasteiger partial charge >= 0.3 is 0 Å². The van der Waals surface area contributed by atoms with E-state index in [2.05, 4.69) is 45.4 Å². The minimum absolute atomic E-state index is 0.0548. The predicted octanol–water partition coefficient (Wildman–Crippen LogP) is 1.61. The molecule has 1 aromatic rings. The molecule has 5 rings (SSSR count). The van der Waals surface area contributed by atoms with Gasteiger partial charge in [0.25, 0.3) is 0 Å². The maximum atomic E-state index is 12.8. The minimum Gasteiger partial charge on any atom is -0.354 e. The predicted molar refractivity (Wildman–Crippen MR) is 91.4 cm³/mol. The minimum atomic E-state index is 0.0548. The fraction of sp³-hybridized carbons (Fsp3) is 0.632. The summed E-state index contributed by atoms with van der Waals surface area (Å²) in [5, 5.41) is 3.30. The molecule has 4 fully saturated rings. The highest BCUT2D eigenvalue weighted by molar-refractivity contribution is 5.82. The van der Waals surface area contributed by atoms with Crippen molar-refractivity contribution in [3.63, 3.8) is 0 Å². The molecule has 2 bridgehead atoms. The SMILES string of the molecule is O=C(NCC1(c2ccccc2)CCC1)[C@H]1CN2CCCN1CC2. The number of carbonyl (C=O) groups excluding carboxylic acids is 1. The monoisotopic (exact) mass is 313 g/mol. The first-order chi connectivity index (χ1) is 11.3. The largest absolute Gasteiger partial charge is 0.354 e. The molecule has 124 valence electrons. The second-order valence-corrected chi connectivity index (χ2v) is 7.42. The van der Waals surface area contributed by atoms with Gasteiger partial charge in [-0.2, -0.15) is 0 Å². The lowest BCUT2D eigenvalue weighted by molar-refractivity contribution is -0.128. The van der Waals surface area contributed by atoms with Gasteiger partial charge in [0.15, 0.2) is 0 Å². The summed E-state index contributed by atoms with van der Waals surface area (Å²) in [6.45, 7) is 6.08. The molecule has 1 N–H and O–H groups in total. The van der Waals surface area contributed by atoms with E-state index in [1.165, 1.54) is 31.2 Å². The molecule has 4 aliphatic rings. The van der Waals surface area contributed by atoms with Gasteiger partial charge in [-0.1, -0.05) is 36.8 Å². The zero-order chi connectivity index (χ0) is 15.7. The number of nitrogens with one attached hydrogen (secondary N) is 1. The van der Waals surface area contributed by atoms with Crippen molar-refractivity contribution in [2.45, 2.75) is 37.1 Å². The van der Waals surface area contributed by atoms with Crippen molar-refractivity contribution in [1.29, 1.82) is 0 Å². The van der Waals surface area contributed by atoms with Crippen molar-refractivity contribution in [2.24, 2.45) is 0 Å². The van der Waals surface area contributed by atoms with Crippen molar-refractivity contribution in [2.75, 3.05) is 39.3 Å². The summed E-state index contributed by atoms with van der Waals surface area (Å²) in [5.74, 6) is 0.235. The summed E-state index contributed by atoms with van der Waals surface area (Å²) in [6.07, 6.45) is 4.85.